The Bertz CT molecular complexity index is 635. The highest BCUT2D eigenvalue weighted by molar-refractivity contribution is 5.96. The molecule has 2 amide bonds. The van der Waals surface area contributed by atoms with Crippen molar-refractivity contribution < 1.29 is 23.9 Å². The summed E-state index contributed by atoms with van der Waals surface area (Å²) in [6.07, 6.45) is -0.197. The van der Waals surface area contributed by atoms with Gasteiger partial charge in [0.25, 0.3) is 0 Å². The molecule has 1 heterocycles. The fourth-order valence-corrected chi connectivity index (χ4v) is 2.72. The van der Waals surface area contributed by atoms with E-state index in [2.05, 4.69) is 0 Å². The summed E-state index contributed by atoms with van der Waals surface area (Å²) >= 11 is 0. The Morgan fingerprint density at radius 3 is 2.52 bits per heavy atom. The fraction of sp³-hybridized carbons (Fsp3) is 0.526. The SMILES string of the molecule is C[C@@H](CC(=O)OC(C)(C)C)C(=O)N1C(=O)OC[C@@H]1Cc1ccccc1. The first kappa shape index (κ1) is 19.0. The molecule has 2 rings (SSSR count). The number of benzene rings is 1. The second-order valence-electron chi connectivity index (χ2n) is 7.32. The highest BCUT2D eigenvalue weighted by Gasteiger charge is 2.40. The highest BCUT2D eigenvalue weighted by Crippen LogP contribution is 2.22. The van der Waals surface area contributed by atoms with Gasteiger partial charge in [0.1, 0.15) is 12.2 Å². The van der Waals surface area contributed by atoms with Gasteiger partial charge in [-0.05, 0) is 32.8 Å². The van der Waals surface area contributed by atoms with Crippen molar-refractivity contribution in [1.29, 1.82) is 0 Å². The Morgan fingerprint density at radius 1 is 1.28 bits per heavy atom. The monoisotopic (exact) mass is 347 g/mol. The molecule has 2 atom stereocenters. The molecule has 1 fully saturated rings. The van der Waals surface area contributed by atoms with E-state index >= 15 is 0 Å². The van der Waals surface area contributed by atoms with Crippen molar-refractivity contribution in [3.8, 4) is 0 Å². The minimum Gasteiger partial charge on any atom is -0.460 e. The zero-order chi connectivity index (χ0) is 18.6. The summed E-state index contributed by atoms with van der Waals surface area (Å²) in [5.74, 6) is -1.52. The molecule has 0 spiro atoms. The van der Waals surface area contributed by atoms with E-state index in [-0.39, 0.29) is 19.1 Å². The molecular weight excluding hydrogens is 322 g/mol. The summed E-state index contributed by atoms with van der Waals surface area (Å²) in [4.78, 5) is 37.8. The minimum atomic E-state index is -0.654. The van der Waals surface area contributed by atoms with Crippen molar-refractivity contribution >= 4 is 18.0 Å². The van der Waals surface area contributed by atoms with Gasteiger partial charge in [-0.25, -0.2) is 9.69 Å². The number of cyclic esters (lactones) is 1. The third kappa shape index (κ3) is 5.31. The predicted octanol–water partition coefficient (Wildman–Crippen LogP) is 2.94. The summed E-state index contributed by atoms with van der Waals surface area (Å²) in [6, 6.07) is 9.24. The molecule has 25 heavy (non-hydrogen) atoms. The number of hydrogen-bond acceptors (Lipinski definition) is 5. The normalized spacial score (nSPS) is 18.6. The van der Waals surface area contributed by atoms with E-state index in [9.17, 15) is 14.4 Å². The Kier molecular flexibility index (Phi) is 5.82. The molecule has 0 unspecified atom stereocenters. The largest absolute Gasteiger partial charge is 0.460 e. The minimum absolute atomic E-state index is 0.0715. The summed E-state index contributed by atoms with van der Waals surface area (Å²) in [7, 11) is 0. The maximum atomic E-state index is 12.7. The Balaban J connectivity index is 2.02. The molecule has 1 aromatic rings. The van der Waals surface area contributed by atoms with E-state index in [1.807, 2.05) is 30.3 Å². The van der Waals surface area contributed by atoms with Gasteiger partial charge in [0.05, 0.1) is 12.5 Å². The third-order valence-corrected chi connectivity index (χ3v) is 3.83. The maximum absolute atomic E-state index is 12.7. The van der Waals surface area contributed by atoms with Crippen LogP contribution in [0.3, 0.4) is 0 Å². The van der Waals surface area contributed by atoms with E-state index in [1.54, 1.807) is 27.7 Å². The summed E-state index contributed by atoms with van der Waals surface area (Å²) < 4.78 is 10.3. The molecule has 1 aliphatic heterocycles. The van der Waals surface area contributed by atoms with Crippen LogP contribution < -0.4 is 0 Å². The Labute approximate surface area is 148 Å². The average Bonchev–Trinajstić information content (AvgIpc) is 2.86. The van der Waals surface area contributed by atoms with Crippen LogP contribution in [0.4, 0.5) is 4.79 Å². The topological polar surface area (TPSA) is 72.9 Å². The molecule has 0 N–H and O–H groups in total. The van der Waals surface area contributed by atoms with E-state index in [4.69, 9.17) is 9.47 Å². The Hall–Kier alpha value is -2.37. The van der Waals surface area contributed by atoms with E-state index < -0.39 is 29.5 Å². The lowest BCUT2D eigenvalue weighted by Gasteiger charge is -2.24. The van der Waals surface area contributed by atoms with Crippen LogP contribution in [-0.4, -0.2) is 41.1 Å². The number of carbonyl (C=O) groups excluding carboxylic acids is 3. The lowest BCUT2D eigenvalue weighted by molar-refractivity contribution is -0.158. The first-order valence-corrected chi connectivity index (χ1v) is 8.43. The molecule has 1 aliphatic rings. The van der Waals surface area contributed by atoms with Crippen LogP contribution in [-0.2, 0) is 25.5 Å². The molecule has 0 aliphatic carbocycles. The molecule has 1 aromatic carbocycles. The van der Waals surface area contributed by atoms with Crippen LogP contribution in [0.15, 0.2) is 30.3 Å². The smallest absolute Gasteiger partial charge is 0.416 e. The summed E-state index contributed by atoms with van der Waals surface area (Å²) in [6.45, 7) is 7.09. The van der Waals surface area contributed by atoms with Crippen molar-refractivity contribution in [2.45, 2.75) is 52.2 Å². The molecule has 0 bridgehead atoms. The quantitative estimate of drug-likeness (QED) is 0.766. The average molecular weight is 347 g/mol. The van der Waals surface area contributed by atoms with Crippen molar-refractivity contribution in [3.05, 3.63) is 35.9 Å². The highest BCUT2D eigenvalue weighted by atomic mass is 16.6. The van der Waals surface area contributed by atoms with Crippen LogP contribution >= 0.6 is 0 Å². The van der Waals surface area contributed by atoms with Gasteiger partial charge in [-0.3, -0.25) is 9.59 Å². The summed E-state index contributed by atoms with van der Waals surface area (Å²) in [5, 5.41) is 0. The van der Waals surface area contributed by atoms with Crippen molar-refractivity contribution in [3.63, 3.8) is 0 Å². The number of ether oxygens (including phenoxy) is 2. The van der Waals surface area contributed by atoms with Crippen LogP contribution in [0.5, 0.6) is 0 Å². The first-order chi connectivity index (χ1) is 11.7. The number of carbonyl (C=O) groups is 3. The number of nitrogens with zero attached hydrogens (tertiary/aromatic N) is 1. The van der Waals surface area contributed by atoms with Crippen LogP contribution in [0, 0.1) is 5.92 Å². The molecular formula is C19H25NO5. The Morgan fingerprint density at radius 2 is 1.92 bits per heavy atom. The zero-order valence-corrected chi connectivity index (χ0v) is 15.2. The van der Waals surface area contributed by atoms with E-state index in [0.29, 0.717) is 6.42 Å². The zero-order valence-electron chi connectivity index (χ0n) is 15.2. The van der Waals surface area contributed by atoms with Crippen molar-refractivity contribution in [2.24, 2.45) is 5.92 Å². The van der Waals surface area contributed by atoms with Gasteiger partial charge < -0.3 is 9.47 Å². The van der Waals surface area contributed by atoms with Gasteiger partial charge in [0, 0.05) is 5.92 Å². The van der Waals surface area contributed by atoms with Gasteiger partial charge in [0.2, 0.25) is 5.91 Å². The van der Waals surface area contributed by atoms with Gasteiger partial charge in [-0.15, -0.1) is 0 Å². The van der Waals surface area contributed by atoms with Crippen LogP contribution in [0.2, 0.25) is 0 Å². The van der Waals surface area contributed by atoms with Crippen molar-refractivity contribution in [2.75, 3.05) is 6.61 Å². The van der Waals surface area contributed by atoms with Gasteiger partial charge in [-0.1, -0.05) is 37.3 Å². The first-order valence-electron chi connectivity index (χ1n) is 8.43. The second kappa shape index (κ2) is 7.68. The van der Waals surface area contributed by atoms with Gasteiger partial charge >= 0.3 is 12.1 Å². The van der Waals surface area contributed by atoms with Crippen molar-refractivity contribution in [1.82, 2.24) is 4.90 Å². The molecule has 136 valence electrons. The fourth-order valence-electron chi connectivity index (χ4n) is 2.72. The molecule has 6 nitrogen and oxygen atoms in total. The number of hydrogen-bond donors (Lipinski definition) is 0. The summed E-state index contributed by atoms with van der Waals surface area (Å²) in [5.41, 5.74) is 0.408. The molecule has 1 saturated heterocycles. The number of imide groups is 1. The molecule has 0 radical (unpaired) electrons. The van der Waals surface area contributed by atoms with Crippen LogP contribution in [0.1, 0.15) is 39.7 Å². The predicted molar refractivity (Wildman–Crippen MR) is 91.8 cm³/mol. The standard InChI is InChI=1S/C19H25NO5/c1-13(10-16(21)25-19(2,3)4)17(22)20-15(12-24-18(20)23)11-14-8-6-5-7-9-14/h5-9,13,15H,10-12H2,1-4H3/t13-,15-/m0/s1. The lowest BCUT2D eigenvalue weighted by atomic mass is 10.0. The number of rotatable bonds is 5. The van der Waals surface area contributed by atoms with Gasteiger partial charge in [0.15, 0.2) is 0 Å². The van der Waals surface area contributed by atoms with E-state index in [0.717, 1.165) is 10.5 Å². The second-order valence-corrected chi connectivity index (χ2v) is 7.32. The lowest BCUT2D eigenvalue weighted by Crippen LogP contribution is -2.43. The number of esters is 1. The van der Waals surface area contributed by atoms with Gasteiger partial charge in [-0.2, -0.15) is 0 Å². The molecule has 0 saturated carbocycles. The molecule has 6 heteroatoms. The third-order valence-electron chi connectivity index (χ3n) is 3.83. The van der Waals surface area contributed by atoms with E-state index in [1.165, 1.54) is 0 Å². The maximum Gasteiger partial charge on any atom is 0.416 e. The number of amides is 2. The molecule has 0 aromatic heterocycles. The van der Waals surface area contributed by atoms with Crippen LogP contribution in [0.25, 0.3) is 0 Å².